The van der Waals surface area contributed by atoms with Crippen molar-refractivity contribution < 1.29 is 18.7 Å². The summed E-state index contributed by atoms with van der Waals surface area (Å²) in [5.41, 5.74) is 2.20. The van der Waals surface area contributed by atoms with Gasteiger partial charge in [0.2, 0.25) is 0 Å². The summed E-state index contributed by atoms with van der Waals surface area (Å²) in [6, 6.07) is 14.0. The molecule has 27 heavy (non-hydrogen) atoms. The van der Waals surface area contributed by atoms with Gasteiger partial charge in [0.25, 0.3) is 5.91 Å². The van der Waals surface area contributed by atoms with Gasteiger partial charge in [0.15, 0.2) is 18.2 Å². The minimum Gasteiger partial charge on any atom is -0.481 e. The lowest BCUT2D eigenvalue weighted by Gasteiger charge is -2.31. The third kappa shape index (κ3) is 5.77. The van der Waals surface area contributed by atoms with Gasteiger partial charge in [-0.15, -0.1) is 0 Å². The fourth-order valence-corrected chi connectivity index (χ4v) is 3.02. The fraction of sp³-hybridized carbons (Fsp3) is 0.381. The third-order valence-corrected chi connectivity index (χ3v) is 4.55. The van der Waals surface area contributed by atoms with Crippen LogP contribution in [-0.4, -0.2) is 50.3 Å². The summed E-state index contributed by atoms with van der Waals surface area (Å²) in [5.74, 6) is -0.682. The van der Waals surface area contributed by atoms with Crippen molar-refractivity contribution in [3.8, 4) is 5.75 Å². The highest BCUT2D eigenvalue weighted by atomic mass is 19.1. The Kier molecular flexibility index (Phi) is 6.79. The van der Waals surface area contributed by atoms with Crippen LogP contribution in [0.1, 0.15) is 17.2 Å². The van der Waals surface area contributed by atoms with Crippen molar-refractivity contribution in [3.63, 3.8) is 0 Å². The van der Waals surface area contributed by atoms with E-state index in [2.05, 4.69) is 10.2 Å². The normalized spacial score (nSPS) is 15.9. The molecular formula is C21H25FN2O3. The molecule has 1 amide bonds. The Morgan fingerprint density at radius 3 is 2.59 bits per heavy atom. The number of halogens is 1. The quantitative estimate of drug-likeness (QED) is 0.812. The number of hydrogen-bond acceptors (Lipinski definition) is 4. The van der Waals surface area contributed by atoms with E-state index in [1.165, 1.54) is 12.1 Å². The number of benzene rings is 2. The van der Waals surface area contributed by atoms with Gasteiger partial charge >= 0.3 is 0 Å². The smallest absolute Gasteiger partial charge is 0.258 e. The second-order valence-corrected chi connectivity index (χ2v) is 6.66. The van der Waals surface area contributed by atoms with Gasteiger partial charge in [0.1, 0.15) is 0 Å². The molecule has 1 aliphatic heterocycles. The van der Waals surface area contributed by atoms with Gasteiger partial charge in [-0.2, -0.15) is 0 Å². The maximum Gasteiger partial charge on any atom is 0.258 e. The molecule has 1 aliphatic rings. The second kappa shape index (κ2) is 9.48. The Balaban J connectivity index is 1.63. The molecule has 1 heterocycles. The number of ether oxygens (including phenoxy) is 2. The Bertz CT molecular complexity index is 745. The highest BCUT2D eigenvalue weighted by molar-refractivity contribution is 5.78. The third-order valence-electron chi connectivity index (χ3n) is 4.55. The number of carbonyl (C=O) groups is 1. The predicted octanol–water partition coefficient (Wildman–Crippen LogP) is 2.70. The molecule has 3 rings (SSSR count). The zero-order valence-electron chi connectivity index (χ0n) is 15.5. The zero-order chi connectivity index (χ0) is 19.1. The Morgan fingerprint density at radius 2 is 1.89 bits per heavy atom. The molecule has 1 N–H and O–H groups in total. The number of nitrogens with zero attached hydrogens (tertiary/aromatic N) is 1. The lowest BCUT2D eigenvalue weighted by Crippen LogP contribution is -2.44. The topological polar surface area (TPSA) is 50.8 Å². The summed E-state index contributed by atoms with van der Waals surface area (Å²) in [5, 5.41) is 3.02. The summed E-state index contributed by atoms with van der Waals surface area (Å²) < 4.78 is 24.4. The Labute approximate surface area is 159 Å². The number of nitrogens with one attached hydrogen (secondary N) is 1. The lowest BCUT2D eigenvalue weighted by atomic mass is 10.0. The van der Waals surface area contributed by atoms with E-state index in [1.807, 2.05) is 31.2 Å². The summed E-state index contributed by atoms with van der Waals surface area (Å²) in [4.78, 5) is 14.7. The first kappa shape index (κ1) is 19.3. The van der Waals surface area contributed by atoms with Crippen LogP contribution >= 0.6 is 0 Å². The molecule has 0 unspecified atom stereocenters. The van der Waals surface area contributed by atoms with Gasteiger partial charge in [-0.25, -0.2) is 4.39 Å². The van der Waals surface area contributed by atoms with Crippen molar-refractivity contribution in [1.82, 2.24) is 10.2 Å². The van der Waals surface area contributed by atoms with E-state index in [-0.39, 0.29) is 24.3 Å². The van der Waals surface area contributed by atoms with E-state index < -0.39 is 5.82 Å². The van der Waals surface area contributed by atoms with E-state index in [1.54, 1.807) is 12.1 Å². The number of para-hydroxylation sites is 1. The molecule has 0 saturated carbocycles. The minimum atomic E-state index is -0.478. The van der Waals surface area contributed by atoms with Gasteiger partial charge in [0, 0.05) is 19.6 Å². The van der Waals surface area contributed by atoms with Crippen LogP contribution in [0.15, 0.2) is 48.5 Å². The number of hydrogen-bond donors (Lipinski definition) is 1. The number of morpholine rings is 1. The van der Waals surface area contributed by atoms with Gasteiger partial charge in [-0.3, -0.25) is 9.69 Å². The standard InChI is InChI=1S/C21H25FN2O3/c1-16-6-8-17(9-7-16)19(14-24-10-12-26-13-11-24)23-21(25)15-27-20-5-3-2-4-18(20)22/h2-9,19H,10-15H2,1H3,(H,23,25)/t19-/m0/s1. The van der Waals surface area contributed by atoms with Crippen LogP contribution in [0.25, 0.3) is 0 Å². The molecule has 6 heteroatoms. The second-order valence-electron chi connectivity index (χ2n) is 6.66. The van der Waals surface area contributed by atoms with E-state index in [9.17, 15) is 9.18 Å². The zero-order valence-corrected chi connectivity index (χ0v) is 15.5. The van der Waals surface area contributed by atoms with E-state index >= 15 is 0 Å². The monoisotopic (exact) mass is 372 g/mol. The molecule has 1 saturated heterocycles. The van der Waals surface area contributed by atoms with Crippen LogP contribution in [0, 0.1) is 12.7 Å². The van der Waals surface area contributed by atoms with E-state index in [0.29, 0.717) is 19.8 Å². The average Bonchev–Trinajstić information content (AvgIpc) is 2.68. The van der Waals surface area contributed by atoms with Crippen molar-refractivity contribution in [2.45, 2.75) is 13.0 Å². The molecule has 0 bridgehead atoms. The molecule has 5 nitrogen and oxygen atoms in total. The van der Waals surface area contributed by atoms with E-state index in [4.69, 9.17) is 9.47 Å². The fourth-order valence-electron chi connectivity index (χ4n) is 3.02. The van der Waals surface area contributed by atoms with Crippen LogP contribution in [0.5, 0.6) is 5.75 Å². The molecule has 2 aromatic carbocycles. The first-order valence-corrected chi connectivity index (χ1v) is 9.15. The summed E-state index contributed by atoms with van der Waals surface area (Å²) in [6.45, 7) is 5.57. The SMILES string of the molecule is Cc1ccc([C@H](CN2CCOCC2)NC(=O)COc2ccccc2F)cc1. The van der Waals surface area contributed by atoms with Crippen LogP contribution in [-0.2, 0) is 9.53 Å². The predicted molar refractivity (Wildman–Crippen MR) is 101 cm³/mol. The van der Waals surface area contributed by atoms with Crippen LogP contribution in [0.4, 0.5) is 4.39 Å². The summed E-state index contributed by atoms with van der Waals surface area (Å²) in [6.07, 6.45) is 0. The van der Waals surface area contributed by atoms with Crippen molar-refractivity contribution in [3.05, 3.63) is 65.5 Å². The highest BCUT2D eigenvalue weighted by Crippen LogP contribution is 2.18. The van der Waals surface area contributed by atoms with Crippen molar-refractivity contribution >= 4 is 5.91 Å². The van der Waals surface area contributed by atoms with E-state index in [0.717, 1.165) is 24.2 Å². The first-order valence-electron chi connectivity index (χ1n) is 9.15. The maximum atomic E-state index is 13.6. The van der Waals surface area contributed by atoms with Gasteiger partial charge in [-0.05, 0) is 24.6 Å². The van der Waals surface area contributed by atoms with Crippen molar-refractivity contribution in [2.24, 2.45) is 0 Å². The molecule has 0 spiro atoms. The van der Waals surface area contributed by atoms with Crippen LogP contribution in [0.3, 0.4) is 0 Å². The molecule has 0 radical (unpaired) electrons. The van der Waals surface area contributed by atoms with Gasteiger partial charge in [0.05, 0.1) is 19.3 Å². The summed E-state index contributed by atoms with van der Waals surface area (Å²) >= 11 is 0. The van der Waals surface area contributed by atoms with Crippen molar-refractivity contribution in [1.29, 1.82) is 0 Å². The molecule has 0 aliphatic carbocycles. The highest BCUT2D eigenvalue weighted by Gasteiger charge is 2.20. The van der Waals surface area contributed by atoms with Gasteiger partial charge in [-0.1, -0.05) is 42.0 Å². The maximum absolute atomic E-state index is 13.6. The number of aryl methyl sites for hydroxylation is 1. The molecule has 1 atom stereocenters. The first-order chi connectivity index (χ1) is 13.1. The Morgan fingerprint density at radius 1 is 1.19 bits per heavy atom. The van der Waals surface area contributed by atoms with Crippen LogP contribution in [0.2, 0.25) is 0 Å². The molecule has 0 aromatic heterocycles. The largest absolute Gasteiger partial charge is 0.481 e. The molecule has 2 aromatic rings. The summed E-state index contributed by atoms with van der Waals surface area (Å²) in [7, 11) is 0. The molecule has 144 valence electrons. The number of carbonyl (C=O) groups excluding carboxylic acids is 1. The molecule has 1 fully saturated rings. The van der Waals surface area contributed by atoms with Gasteiger partial charge < -0.3 is 14.8 Å². The number of amides is 1. The van der Waals surface area contributed by atoms with Crippen molar-refractivity contribution in [2.75, 3.05) is 39.5 Å². The molecular weight excluding hydrogens is 347 g/mol. The number of rotatable bonds is 7. The minimum absolute atomic E-state index is 0.0766. The van der Waals surface area contributed by atoms with Crippen LogP contribution < -0.4 is 10.1 Å². The average molecular weight is 372 g/mol. The Hall–Kier alpha value is -2.44. The lowest BCUT2D eigenvalue weighted by molar-refractivity contribution is -0.124.